The van der Waals surface area contributed by atoms with Gasteiger partial charge in [-0.25, -0.2) is 9.07 Å². The molecular weight excluding hydrogens is 465 g/mol. The summed E-state index contributed by atoms with van der Waals surface area (Å²) in [4.78, 5) is 28.5. The quantitative estimate of drug-likeness (QED) is 0.352. The number of hydrogen-bond donors (Lipinski definition) is 1. The van der Waals surface area contributed by atoms with Crippen molar-refractivity contribution in [2.75, 3.05) is 4.90 Å². The number of fused-ring (bicyclic) bond motifs is 1. The largest absolute Gasteiger partial charge is 0.467 e. The number of nitrogens with one attached hydrogen (secondary N) is 1. The fourth-order valence-corrected chi connectivity index (χ4v) is 3.96. The van der Waals surface area contributed by atoms with E-state index in [0.717, 1.165) is 0 Å². The smallest absolute Gasteiger partial charge is 0.251 e. The molecule has 2 aromatic carbocycles. The minimum atomic E-state index is -1.22. The fourth-order valence-electron chi connectivity index (χ4n) is 3.96. The Kier molecular flexibility index (Phi) is 6.31. The number of halogens is 1. The van der Waals surface area contributed by atoms with Crippen LogP contribution in [0.1, 0.15) is 23.3 Å². The van der Waals surface area contributed by atoms with Crippen LogP contribution >= 0.6 is 0 Å². The number of furan rings is 2. The van der Waals surface area contributed by atoms with Crippen molar-refractivity contribution in [3.8, 4) is 0 Å². The van der Waals surface area contributed by atoms with E-state index in [1.807, 2.05) is 12.1 Å². The number of carbonyl (C=O) groups is 2. The number of carbonyl (C=O) groups excluding carboxylic acids is 2. The molecule has 0 bridgehead atoms. The molecule has 10 heteroatoms. The van der Waals surface area contributed by atoms with Gasteiger partial charge >= 0.3 is 0 Å². The molecule has 182 valence electrons. The van der Waals surface area contributed by atoms with Crippen LogP contribution in [0.15, 0.2) is 87.9 Å². The Balaban J connectivity index is 1.54. The Bertz CT molecular complexity index is 1510. The Hall–Kier alpha value is -4.73. The molecule has 5 rings (SSSR count). The van der Waals surface area contributed by atoms with Crippen LogP contribution in [-0.4, -0.2) is 26.8 Å². The van der Waals surface area contributed by atoms with Crippen LogP contribution < -0.4 is 10.2 Å². The van der Waals surface area contributed by atoms with Gasteiger partial charge in [-0.05, 0) is 61.5 Å². The van der Waals surface area contributed by atoms with Crippen molar-refractivity contribution in [3.63, 3.8) is 0 Å². The number of para-hydroxylation sites is 1. The normalized spacial score (nSPS) is 11.9. The van der Waals surface area contributed by atoms with Crippen LogP contribution in [0.2, 0.25) is 0 Å². The van der Waals surface area contributed by atoms with Crippen LogP contribution in [0, 0.1) is 12.7 Å². The van der Waals surface area contributed by atoms with Crippen LogP contribution in [0.25, 0.3) is 11.0 Å². The van der Waals surface area contributed by atoms with E-state index < -0.39 is 23.7 Å². The number of hydrogen-bond acceptors (Lipinski definition) is 6. The lowest BCUT2D eigenvalue weighted by Gasteiger charge is -2.30. The third-order valence-corrected chi connectivity index (χ3v) is 5.61. The van der Waals surface area contributed by atoms with Crippen LogP contribution in [0.3, 0.4) is 0 Å². The lowest BCUT2D eigenvalue weighted by atomic mass is 10.1. The maximum absolute atomic E-state index is 14.3. The minimum absolute atomic E-state index is 0.0981. The van der Waals surface area contributed by atoms with Gasteiger partial charge in [0.05, 0.1) is 18.3 Å². The molecule has 36 heavy (non-hydrogen) atoms. The summed E-state index contributed by atoms with van der Waals surface area (Å²) in [5, 5.41) is 11.0. The molecule has 2 amide bonds. The predicted molar refractivity (Wildman–Crippen MR) is 128 cm³/mol. The zero-order chi connectivity index (χ0) is 25.1. The first-order valence-electron chi connectivity index (χ1n) is 11.2. The molecule has 1 atom stereocenters. The molecule has 0 spiro atoms. The van der Waals surface area contributed by atoms with E-state index in [0.29, 0.717) is 22.6 Å². The summed E-state index contributed by atoms with van der Waals surface area (Å²) in [6.45, 7) is 1.59. The van der Waals surface area contributed by atoms with Gasteiger partial charge in [0.15, 0.2) is 6.04 Å². The van der Waals surface area contributed by atoms with E-state index in [4.69, 9.17) is 8.83 Å². The maximum atomic E-state index is 14.3. The zero-order valence-electron chi connectivity index (χ0n) is 19.3. The number of amides is 2. The Morgan fingerprint density at radius 1 is 1.08 bits per heavy atom. The third kappa shape index (κ3) is 4.74. The molecule has 0 radical (unpaired) electrons. The second-order valence-electron chi connectivity index (χ2n) is 8.13. The highest BCUT2D eigenvalue weighted by atomic mass is 19.1. The van der Waals surface area contributed by atoms with Gasteiger partial charge < -0.3 is 14.2 Å². The maximum Gasteiger partial charge on any atom is 0.251 e. The SMILES string of the molecule is Cc1ccc([C@@H](C(=O)NCc2ccco2)N(C(=O)Cn2nnc3ccccc32)c2cccc(F)c2)o1. The Labute approximate surface area is 205 Å². The van der Waals surface area contributed by atoms with Gasteiger partial charge in [-0.2, -0.15) is 0 Å². The number of aromatic nitrogens is 3. The topological polar surface area (TPSA) is 106 Å². The van der Waals surface area contributed by atoms with E-state index >= 15 is 0 Å². The van der Waals surface area contributed by atoms with Crippen LogP contribution in [0.4, 0.5) is 10.1 Å². The first-order chi connectivity index (χ1) is 17.5. The fraction of sp³-hybridized carbons (Fsp3) is 0.154. The molecule has 0 saturated heterocycles. The lowest BCUT2D eigenvalue weighted by Crippen LogP contribution is -2.45. The molecule has 0 aliphatic carbocycles. The van der Waals surface area contributed by atoms with Gasteiger partial charge in [0.25, 0.3) is 5.91 Å². The van der Waals surface area contributed by atoms with Gasteiger partial charge in [-0.1, -0.05) is 23.4 Å². The third-order valence-electron chi connectivity index (χ3n) is 5.61. The molecule has 3 aromatic heterocycles. The monoisotopic (exact) mass is 487 g/mol. The number of benzene rings is 2. The van der Waals surface area contributed by atoms with E-state index in [1.165, 1.54) is 34.0 Å². The van der Waals surface area contributed by atoms with E-state index in [1.54, 1.807) is 49.4 Å². The summed E-state index contributed by atoms with van der Waals surface area (Å²) in [6.07, 6.45) is 1.50. The number of nitrogens with zero attached hydrogens (tertiary/aromatic N) is 4. The molecule has 0 unspecified atom stereocenters. The molecular formula is C26H22FN5O4. The Morgan fingerprint density at radius 2 is 1.94 bits per heavy atom. The highest BCUT2D eigenvalue weighted by molar-refractivity contribution is 6.01. The predicted octanol–water partition coefficient (Wildman–Crippen LogP) is 4.16. The van der Waals surface area contributed by atoms with Crippen molar-refractivity contribution in [1.29, 1.82) is 0 Å². The Morgan fingerprint density at radius 3 is 2.69 bits per heavy atom. The molecule has 1 N–H and O–H groups in total. The molecule has 0 fully saturated rings. The number of aryl methyl sites for hydroxylation is 1. The molecule has 5 aromatic rings. The number of rotatable bonds is 8. The zero-order valence-corrected chi connectivity index (χ0v) is 19.3. The highest BCUT2D eigenvalue weighted by Crippen LogP contribution is 2.30. The summed E-state index contributed by atoms with van der Waals surface area (Å²) in [6, 6.07) is 18.2. The second kappa shape index (κ2) is 9.87. The second-order valence-corrected chi connectivity index (χ2v) is 8.13. The average Bonchev–Trinajstić information content (AvgIpc) is 3.63. The van der Waals surface area contributed by atoms with E-state index in [-0.39, 0.29) is 24.5 Å². The van der Waals surface area contributed by atoms with Crippen molar-refractivity contribution in [2.45, 2.75) is 26.1 Å². The van der Waals surface area contributed by atoms with Crippen molar-refractivity contribution in [2.24, 2.45) is 0 Å². The van der Waals surface area contributed by atoms with Gasteiger partial charge in [0, 0.05) is 5.69 Å². The minimum Gasteiger partial charge on any atom is -0.467 e. The summed E-state index contributed by atoms with van der Waals surface area (Å²) < 4.78 is 26.8. The average molecular weight is 487 g/mol. The molecule has 9 nitrogen and oxygen atoms in total. The summed E-state index contributed by atoms with van der Waals surface area (Å²) in [7, 11) is 0. The highest BCUT2D eigenvalue weighted by Gasteiger charge is 2.35. The van der Waals surface area contributed by atoms with Gasteiger partial charge in [0.2, 0.25) is 5.91 Å². The molecule has 0 aliphatic rings. The van der Waals surface area contributed by atoms with Crippen LogP contribution in [-0.2, 0) is 22.7 Å². The van der Waals surface area contributed by atoms with Crippen molar-refractivity contribution >= 4 is 28.5 Å². The van der Waals surface area contributed by atoms with Crippen molar-refractivity contribution < 1.29 is 22.8 Å². The standard InChI is InChI=1S/C26H22FN5O4/c1-17-11-12-23(36-17)25(26(34)28-15-20-8-5-13-35-20)32(19-7-4-6-18(27)14-19)24(33)16-31-22-10-3-2-9-21(22)29-30-31/h2-14,25H,15-16H2,1H3,(H,28,34)/t25-/m0/s1. The van der Waals surface area contributed by atoms with E-state index in [2.05, 4.69) is 15.6 Å². The first-order valence-corrected chi connectivity index (χ1v) is 11.2. The van der Waals surface area contributed by atoms with Gasteiger partial charge in [-0.15, -0.1) is 5.10 Å². The molecule has 0 aliphatic heterocycles. The summed E-state index contributed by atoms with van der Waals surface area (Å²) in [5.41, 5.74) is 1.46. The van der Waals surface area contributed by atoms with Crippen molar-refractivity contribution in [1.82, 2.24) is 20.3 Å². The van der Waals surface area contributed by atoms with Gasteiger partial charge in [-0.3, -0.25) is 14.5 Å². The summed E-state index contributed by atoms with van der Waals surface area (Å²) in [5.74, 6) is -0.268. The van der Waals surface area contributed by atoms with Crippen molar-refractivity contribution in [3.05, 3.63) is 102 Å². The van der Waals surface area contributed by atoms with Gasteiger partial charge in [0.1, 0.15) is 35.2 Å². The molecule has 3 heterocycles. The van der Waals surface area contributed by atoms with E-state index in [9.17, 15) is 14.0 Å². The lowest BCUT2D eigenvalue weighted by molar-refractivity contribution is -0.127. The molecule has 0 saturated carbocycles. The van der Waals surface area contributed by atoms with Crippen LogP contribution in [0.5, 0.6) is 0 Å². The number of anilines is 1. The summed E-state index contributed by atoms with van der Waals surface area (Å²) >= 11 is 0. The first kappa shape index (κ1) is 23.0.